The van der Waals surface area contributed by atoms with E-state index in [0.29, 0.717) is 19.0 Å². The van der Waals surface area contributed by atoms with Crippen molar-refractivity contribution in [2.75, 3.05) is 31.7 Å². The van der Waals surface area contributed by atoms with Crippen LogP contribution in [0.5, 0.6) is 0 Å². The lowest BCUT2D eigenvalue weighted by Gasteiger charge is -2.34. The minimum Gasteiger partial charge on any atom is -0.476 e. The van der Waals surface area contributed by atoms with Crippen molar-refractivity contribution in [3.8, 4) is 0 Å². The van der Waals surface area contributed by atoms with Gasteiger partial charge >= 0.3 is 5.97 Å². The van der Waals surface area contributed by atoms with Crippen LogP contribution in [0.3, 0.4) is 0 Å². The maximum atomic E-state index is 11.8. The molecule has 1 fully saturated rings. The Morgan fingerprint density at radius 1 is 1.47 bits per heavy atom. The molecule has 1 amide bonds. The highest BCUT2D eigenvalue weighted by Gasteiger charge is 2.30. The molecule has 1 aliphatic heterocycles. The van der Waals surface area contributed by atoms with E-state index >= 15 is 0 Å². The first-order valence-electron chi connectivity index (χ1n) is 5.75. The van der Waals surface area contributed by atoms with Gasteiger partial charge in [0.1, 0.15) is 11.9 Å². The largest absolute Gasteiger partial charge is 0.476 e. The van der Waals surface area contributed by atoms with Crippen LogP contribution in [0.25, 0.3) is 0 Å². The zero-order valence-corrected chi connectivity index (χ0v) is 10.4. The lowest BCUT2D eigenvalue weighted by molar-refractivity contribution is -0.124. The summed E-state index contributed by atoms with van der Waals surface area (Å²) in [5, 5.41) is 11.3. The van der Waals surface area contributed by atoms with Gasteiger partial charge in [0, 0.05) is 13.6 Å². The molecule has 2 heterocycles. The van der Waals surface area contributed by atoms with Gasteiger partial charge in [-0.1, -0.05) is 0 Å². The SMILES string of the molecule is CNC(=O)C1COCCN1c1cnc(C(=O)O)cn1. The minimum atomic E-state index is -1.14. The molecule has 2 N–H and O–H groups in total. The number of rotatable bonds is 3. The predicted octanol–water partition coefficient (Wildman–Crippen LogP) is -0.874. The van der Waals surface area contributed by atoms with Gasteiger partial charge in [0.2, 0.25) is 5.91 Å². The molecule has 1 aromatic rings. The number of nitrogens with one attached hydrogen (secondary N) is 1. The standard InChI is InChI=1S/C11H14N4O4/c1-12-10(16)8-6-19-3-2-15(8)9-5-13-7(4-14-9)11(17)18/h4-5,8H,2-3,6H2,1H3,(H,12,16)(H,17,18). The number of hydrogen-bond acceptors (Lipinski definition) is 6. The molecule has 0 bridgehead atoms. The predicted molar refractivity (Wildman–Crippen MR) is 65.0 cm³/mol. The fourth-order valence-electron chi connectivity index (χ4n) is 1.84. The summed E-state index contributed by atoms with van der Waals surface area (Å²) in [7, 11) is 1.55. The summed E-state index contributed by atoms with van der Waals surface area (Å²) in [6, 6.07) is -0.483. The first-order chi connectivity index (χ1) is 9.13. The van der Waals surface area contributed by atoms with Crippen molar-refractivity contribution < 1.29 is 19.4 Å². The molecule has 0 aliphatic carbocycles. The fraction of sp³-hybridized carbons (Fsp3) is 0.455. The second-order valence-corrected chi connectivity index (χ2v) is 3.96. The lowest BCUT2D eigenvalue weighted by atomic mass is 10.2. The van der Waals surface area contributed by atoms with Crippen molar-refractivity contribution in [1.29, 1.82) is 0 Å². The number of nitrogens with zero attached hydrogens (tertiary/aromatic N) is 3. The van der Waals surface area contributed by atoms with Gasteiger partial charge in [0.25, 0.3) is 0 Å². The number of likely N-dealkylation sites (N-methyl/N-ethyl adjacent to an activating group) is 1. The molecule has 0 radical (unpaired) electrons. The fourth-order valence-corrected chi connectivity index (χ4v) is 1.84. The van der Waals surface area contributed by atoms with Gasteiger partial charge in [0.05, 0.1) is 25.6 Å². The number of carboxylic acids is 1. The van der Waals surface area contributed by atoms with Crippen LogP contribution in [0.4, 0.5) is 5.82 Å². The minimum absolute atomic E-state index is 0.131. The van der Waals surface area contributed by atoms with Gasteiger partial charge in [-0.3, -0.25) is 4.79 Å². The lowest BCUT2D eigenvalue weighted by Crippen LogP contribution is -2.53. The van der Waals surface area contributed by atoms with E-state index in [2.05, 4.69) is 15.3 Å². The van der Waals surface area contributed by atoms with Crippen LogP contribution in [0, 0.1) is 0 Å². The molecule has 1 aromatic heterocycles. The number of carbonyl (C=O) groups excluding carboxylic acids is 1. The molecule has 19 heavy (non-hydrogen) atoms. The molecule has 0 aromatic carbocycles. The van der Waals surface area contributed by atoms with Crippen molar-refractivity contribution in [2.24, 2.45) is 0 Å². The zero-order valence-electron chi connectivity index (χ0n) is 10.4. The van der Waals surface area contributed by atoms with Gasteiger partial charge in [-0.2, -0.15) is 0 Å². The Kier molecular flexibility index (Phi) is 3.91. The number of aromatic nitrogens is 2. The highest BCUT2D eigenvalue weighted by molar-refractivity contribution is 5.86. The van der Waals surface area contributed by atoms with E-state index < -0.39 is 12.0 Å². The molecular formula is C11H14N4O4. The van der Waals surface area contributed by atoms with Crippen LogP contribution in [-0.4, -0.2) is 59.8 Å². The molecule has 1 aliphatic rings. The maximum absolute atomic E-state index is 11.8. The van der Waals surface area contributed by atoms with Crippen molar-refractivity contribution in [2.45, 2.75) is 6.04 Å². The van der Waals surface area contributed by atoms with Crippen LogP contribution in [0.2, 0.25) is 0 Å². The van der Waals surface area contributed by atoms with Crippen LogP contribution in [0.15, 0.2) is 12.4 Å². The third-order valence-electron chi connectivity index (χ3n) is 2.83. The molecule has 0 spiro atoms. The van der Waals surface area contributed by atoms with Crippen molar-refractivity contribution >= 4 is 17.7 Å². The smallest absolute Gasteiger partial charge is 0.356 e. The Labute approximate surface area is 109 Å². The van der Waals surface area contributed by atoms with E-state index in [1.54, 1.807) is 11.9 Å². The summed E-state index contributed by atoms with van der Waals surface area (Å²) < 4.78 is 5.27. The van der Waals surface area contributed by atoms with Crippen LogP contribution in [0.1, 0.15) is 10.5 Å². The van der Waals surface area contributed by atoms with E-state index in [4.69, 9.17) is 9.84 Å². The van der Waals surface area contributed by atoms with E-state index in [-0.39, 0.29) is 18.2 Å². The second-order valence-electron chi connectivity index (χ2n) is 3.96. The summed E-state index contributed by atoms with van der Waals surface area (Å²) in [5.41, 5.74) is -0.131. The Morgan fingerprint density at radius 3 is 2.84 bits per heavy atom. The number of morpholine rings is 1. The van der Waals surface area contributed by atoms with Gasteiger partial charge in [0.15, 0.2) is 5.69 Å². The van der Waals surface area contributed by atoms with Crippen molar-refractivity contribution in [1.82, 2.24) is 15.3 Å². The first-order valence-corrected chi connectivity index (χ1v) is 5.75. The highest BCUT2D eigenvalue weighted by Crippen LogP contribution is 2.16. The third-order valence-corrected chi connectivity index (χ3v) is 2.83. The van der Waals surface area contributed by atoms with Gasteiger partial charge in [-0.15, -0.1) is 0 Å². The van der Waals surface area contributed by atoms with Gasteiger partial charge in [-0.25, -0.2) is 14.8 Å². The molecular weight excluding hydrogens is 252 g/mol. The van der Waals surface area contributed by atoms with Gasteiger partial charge < -0.3 is 20.1 Å². The average Bonchev–Trinajstić information content (AvgIpc) is 2.46. The maximum Gasteiger partial charge on any atom is 0.356 e. The molecule has 1 atom stereocenters. The normalized spacial score (nSPS) is 19.0. The van der Waals surface area contributed by atoms with Crippen LogP contribution >= 0.6 is 0 Å². The Hall–Kier alpha value is -2.22. The van der Waals surface area contributed by atoms with E-state index in [9.17, 15) is 9.59 Å². The molecule has 8 nitrogen and oxygen atoms in total. The summed E-state index contributed by atoms with van der Waals surface area (Å²) in [4.78, 5) is 32.0. The average molecular weight is 266 g/mol. The van der Waals surface area contributed by atoms with Gasteiger partial charge in [-0.05, 0) is 0 Å². The quantitative estimate of drug-likeness (QED) is 0.732. The molecule has 8 heteroatoms. The highest BCUT2D eigenvalue weighted by atomic mass is 16.5. The second kappa shape index (κ2) is 5.61. The van der Waals surface area contributed by atoms with E-state index in [1.807, 2.05) is 0 Å². The number of carboxylic acid groups (broad SMARTS) is 1. The summed E-state index contributed by atoms with van der Waals surface area (Å²) in [6.07, 6.45) is 2.53. The Bertz CT molecular complexity index is 476. The molecule has 0 saturated carbocycles. The van der Waals surface area contributed by atoms with E-state index in [1.165, 1.54) is 12.4 Å². The van der Waals surface area contributed by atoms with E-state index in [0.717, 1.165) is 0 Å². The molecule has 2 rings (SSSR count). The third kappa shape index (κ3) is 2.79. The summed E-state index contributed by atoms with van der Waals surface area (Å²) in [5.74, 6) is -0.852. The summed E-state index contributed by atoms with van der Waals surface area (Å²) in [6.45, 7) is 1.25. The molecule has 1 unspecified atom stereocenters. The number of hydrogen-bond donors (Lipinski definition) is 2. The zero-order chi connectivity index (χ0) is 13.8. The Balaban J connectivity index is 2.22. The van der Waals surface area contributed by atoms with Crippen LogP contribution in [-0.2, 0) is 9.53 Å². The molecule has 1 saturated heterocycles. The number of anilines is 1. The summed E-state index contributed by atoms with van der Waals surface area (Å²) >= 11 is 0. The van der Waals surface area contributed by atoms with Crippen LogP contribution < -0.4 is 10.2 Å². The topological polar surface area (TPSA) is 105 Å². The number of aromatic carboxylic acids is 1. The monoisotopic (exact) mass is 266 g/mol. The van der Waals surface area contributed by atoms with Crippen molar-refractivity contribution in [3.05, 3.63) is 18.1 Å². The first kappa shape index (κ1) is 13.2. The van der Waals surface area contributed by atoms with Crippen molar-refractivity contribution in [3.63, 3.8) is 0 Å². The number of ether oxygens (including phenoxy) is 1. The Morgan fingerprint density at radius 2 is 2.26 bits per heavy atom. The molecule has 102 valence electrons. The number of carbonyl (C=O) groups is 2. The number of amides is 1.